The SMILES string of the molecule is C=C(C)Cc1cc2cccc3c2c2c1C=CCC2=CC3. The van der Waals surface area contributed by atoms with Crippen molar-refractivity contribution in [2.24, 2.45) is 0 Å². The molecule has 0 saturated carbocycles. The Labute approximate surface area is 120 Å². The molecule has 2 aliphatic carbocycles. The minimum atomic E-state index is 0.972. The molecule has 0 atom stereocenters. The number of hydrogen-bond donors (Lipinski definition) is 0. The summed E-state index contributed by atoms with van der Waals surface area (Å²) in [4.78, 5) is 0. The molecule has 0 N–H and O–H groups in total. The summed E-state index contributed by atoms with van der Waals surface area (Å²) in [5.74, 6) is 0. The molecule has 0 heteroatoms. The van der Waals surface area contributed by atoms with Crippen molar-refractivity contribution in [3.63, 3.8) is 0 Å². The molecule has 0 saturated heterocycles. The summed E-state index contributed by atoms with van der Waals surface area (Å²) in [7, 11) is 0. The molecule has 0 heterocycles. The lowest BCUT2D eigenvalue weighted by atomic mass is 9.79. The van der Waals surface area contributed by atoms with Crippen LogP contribution in [0, 0.1) is 0 Å². The van der Waals surface area contributed by atoms with Crippen LogP contribution in [-0.4, -0.2) is 0 Å². The summed E-state index contributed by atoms with van der Waals surface area (Å²) in [6, 6.07) is 9.08. The molecular weight excluding hydrogens is 240 g/mol. The van der Waals surface area contributed by atoms with Gasteiger partial charge in [-0.05, 0) is 64.8 Å². The molecule has 0 nitrogen and oxygen atoms in total. The zero-order chi connectivity index (χ0) is 13.7. The van der Waals surface area contributed by atoms with Crippen LogP contribution >= 0.6 is 0 Å². The van der Waals surface area contributed by atoms with Gasteiger partial charge < -0.3 is 0 Å². The molecule has 20 heavy (non-hydrogen) atoms. The summed E-state index contributed by atoms with van der Waals surface area (Å²) in [6.07, 6.45) is 10.1. The van der Waals surface area contributed by atoms with Crippen LogP contribution in [0.2, 0.25) is 0 Å². The van der Waals surface area contributed by atoms with Crippen molar-refractivity contribution in [1.29, 1.82) is 0 Å². The Morgan fingerprint density at radius 2 is 2.15 bits per heavy atom. The summed E-state index contributed by atoms with van der Waals surface area (Å²) in [5, 5.41) is 2.87. The molecule has 4 rings (SSSR count). The largest absolute Gasteiger partial charge is 0.0998 e. The first-order chi connectivity index (χ1) is 9.74. The van der Waals surface area contributed by atoms with Gasteiger partial charge in [0.2, 0.25) is 0 Å². The molecule has 0 fully saturated rings. The maximum atomic E-state index is 4.09. The molecule has 0 radical (unpaired) electrons. The predicted molar refractivity (Wildman–Crippen MR) is 87.8 cm³/mol. The van der Waals surface area contributed by atoms with Crippen LogP contribution in [0.4, 0.5) is 0 Å². The number of hydrogen-bond acceptors (Lipinski definition) is 0. The van der Waals surface area contributed by atoms with Crippen molar-refractivity contribution in [3.05, 3.63) is 70.8 Å². The average Bonchev–Trinajstić information content (AvgIpc) is 2.45. The molecule has 0 aromatic heterocycles. The lowest BCUT2D eigenvalue weighted by molar-refractivity contribution is 1.14. The van der Waals surface area contributed by atoms with Crippen molar-refractivity contribution < 1.29 is 0 Å². The first-order valence-electron chi connectivity index (χ1n) is 7.32. The Bertz CT molecular complexity index is 800. The Morgan fingerprint density at radius 1 is 1.25 bits per heavy atom. The van der Waals surface area contributed by atoms with Crippen LogP contribution in [0.1, 0.15) is 35.6 Å². The number of benzene rings is 2. The fraction of sp³-hybridized carbons (Fsp3) is 0.200. The van der Waals surface area contributed by atoms with Gasteiger partial charge in [0.05, 0.1) is 0 Å². The quantitative estimate of drug-likeness (QED) is 0.640. The third-order valence-electron chi connectivity index (χ3n) is 4.38. The molecule has 0 unspecified atom stereocenters. The third kappa shape index (κ3) is 1.61. The van der Waals surface area contributed by atoms with Gasteiger partial charge in [0.25, 0.3) is 0 Å². The fourth-order valence-corrected chi connectivity index (χ4v) is 3.60. The van der Waals surface area contributed by atoms with Crippen molar-refractivity contribution in [1.82, 2.24) is 0 Å². The Kier molecular flexibility index (Phi) is 2.47. The normalized spacial score (nSPS) is 15.3. The molecule has 2 aromatic rings. The minimum Gasteiger partial charge on any atom is -0.0998 e. The van der Waals surface area contributed by atoms with Crippen LogP contribution in [0.5, 0.6) is 0 Å². The molecular formula is C20H18. The van der Waals surface area contributed by atoms with Gasteiger partial charge >= 0.3 is 0 Å². The smallest absolute Gasteiger partial charge is 0.00662 e. The van der Waals surface area contributed by atoms with Crippen molar-refractivity contribution in [2.45, 2.75) is 26.2 Å². The molecule has 0 bridgehead atoms. The average molecular weight is 258 g/mol. The Hall–Kier alpha value is -2.08. The van der Waals surface area contributed by atoms with E-state index in [4.69, 9.17) is 0 Å². The van der Waals surface area contributed by atoms with Gasteiger partial charge in [-0.1, -0.05) is 54.6 Å². The van der Waals surface area contributed by atoms with Crippen LogP contribution in [0.25, 0.3) is 22.4 Å². The topological polar surface area (TPSA) is 0 Å². The first-order valence-corrected chi connectivity index (χ1v) is 7.32. The van der Waals surface area contributed by atoms with Crippen molar-refractivity contribution in [3.8, 4) is 0 Å². The van der Waals surface area contributed by atoms with Gasteiger partial charge in [0.15, 0.2) is 0 Å². The van der Waals surface area contributed by atoms with Crippen LogP contribution in [0.3, 0.4) is 0 Å². The van der Waals surface area contributed by atoms with E-state index >= 15 is 0 Å². The van der Waals surface area contributed by atoms with Crippen molar-refractivity contribution in [2.75, 3.05) is 0 Å². The first kappa shape index (κ1) is 11.7. The molecule has 0 spiro atoms. The zero-order valence-corrected chi connectivity index (χ0v) is 11.9. The van der Waals surface area contributed by atoms with Gasteiger partial charge in [-0.25, -0.2) is 0 Å². The second-order valence-corrected chi connectivity index (χ2v) is 6.01. The van der Waals surface area contributed by atoms with Crippen molar-refractivity contribution >= 4 is 22.4 Å². The van der Waals surface area contributed by atoms with E-state index in [0.29, 0.717) is 0 Å². The van der Waals surface area contributed by atoms with Gasteiger partial charge in [0, 0.05) is 0 Å². The molecule has 2 aliphatic rings. The molecule has 2 aromatic carbocycles. The maximum absolute atomic E-state index is 4.09. The minimum absolute atomic E-state index is 0.972. The van der Waals surface area contributed by atoms with Gasteiger partial charge in [-0.3, -0.25) is 0 Å². The highest BCUT2D eigenvalue weighted by Crippen LogP contribution is 2.42. The van der Waals surface area contributed by atoms with E-state index in [2.05, 4.69) is 56.0 Å². The second-order valence-electron chi connectivity index (χ2n) is 6.01. The zero-order valence-electron chi connectivity index (χ0n) is 11.9. The van der Waals surface area contributed by atoms with Gasteiger partial charge in [0.1, 0.15) is 0 Å². The highest BCUT2D eigenvalue weighted by molar-refractivity contribution is 6.03. The molecule has 98 valence electrons. The second kappa shape index (κ2) is 4.21. The van der Waals surface area contributed by atoms with E-state index in [1.54, 1.807) is 0 Å². The van der Waals surface area contributed by atoms with Gasteiger partial charge in [-0.15, -0.1) is 0 Å². The van der Waals surface area contributed by atoms with E-state index in [-0.39, 0.29) is 0 Å². The highest BCUT2D eigenvalue weighted by Gasteiger charge is 2.21. The van der Waals surface area contributed by atoms with E-state index in [1.807, 2.05) is 0 Å². The van der Waals surface area contributed by atoms with Crippen LogP contribution < -0.4 is 0 Å². The summed E-state index contributed by atoms with van der Waals surface area (Å²) in [5.41, 5.74) is 8.54. The van der Waals surface area contributed by atoms with Crippen LogP contribution in [-0.2, 0) is 12.8 Å². The lowest BCUT2D eigenvalue weighted by Gasteiger charge is -2.25. The maximum Gasteiger partial charge on any atom is -0.00662 e. The monoisotopic (exact) mass is 258 g/mol. The summed E-state index contributed by atoms with van der Waals surface area (Å²) >= 11 is 0. The lowest BCUT2D eigenvalue weighted by Crippen LogP contribution is -2.06. The van der Waals surface area contributed by atoms with Gasteiger partial charge in [-0.2, -0.15) is 0 Å². The summed E-state index contributed by atoms with van der Waals surface area (Å²) in [6.45, 7) is 6.20. The summed E-state index contributed by atoms with van der Waals surface area (Å²) < 4.78 is 0. The number of allylic oxidation sites excluding steroid dienone is 4. The molecule has 0 aliphatic heterocycles. The van der Waals surface area contributed by atoms with E-state index in [9.17, 15) is 0 Å². The Balaban J connectivity index is 2.13. The highest BCUT2D eigenvalue weighted by atomic mass is 14.2. The fourth-order valence-electron chi connectivity index (χ4n) is 3.60. The third-order valence-corrected chi connectivity index (χ3v) is 4.38. The van der Waals surface area contributed by atoms with E-state index in [0.717, 1.165) is 19.3 Å². The Morgan fingerprint density at radius 3 is 3.00 bits per heavy atom. The van der Waals surface area contributed by atoms with E-state index in [1.165, 1.54) is 44.2 Å². The molecule has 0 amide bonds. The standard InChI is InChI=1S/C20H18/c1-13(2)11-17-12-16-7-3-5-14-9-10-15-6-4-8-18(17)20(15)19(14)16/h3-5,7-8,10,12H,1,6,9,11H2,2H3. The predicted octanol–water partition coefficient (Wildman–Crippen LogP) is 5.31. The van der Waals surface area contributed by atoms with E-state index < -0.39 is 0 Å². The number of rotatable bonds is 2. The van der Waals surface area contributed by atoms with Crippen LogP contribution in [0.15, 0.2) is 48.6 Å².